The fraction of sp³-hybridized carbons (Fsp3) is 0.733. The summed E-state index contributed by atoms with van der Waals surface area (Å²) in [6.45, 7) is 9.25. The molecule has 1 aromatic rings. The smallest absolute Gasteiger partial charge is 0.157 e. The Hall–Kier alpha value is -1.00. The Balaban J connectivity index is 2.14. The van der Waals surface area contributed by atoms with Crippen LogP contribution in [0.5, 0.6) is 0 Å². The molecule has 1 N–H and O–H groups in total. The van der Waals surface area contributed by atoms with Gasteiger partial charge in [0.05, 0.1) is 5.69 Å². The van der Waals surface area contributed by atoms with E-state index in [2.05, 4.69) is 36.1 Å². The van der Waals surface area contributed by atoms with Crippen LogP contribution in [0, 0.1) is 12.8 Å². The topological polar surface area (TPSA) is 47.0 Å². The van der Waals surface area contributed by atoms with Gasteiger partial charge in [0, 0.05) is 24.9 Å². The minimum absolute atomic E-state index is 0.0632. The average molecular weight is 263 g/mol. The highest BCUT2D eigenvalue weighted by atomic mass is 16.5. The second-order valence-corrected chi connectivity index (χ2v) is 6.46. The van der Waals surface area contributed by atoms with Crippen molar-refractivity contribution in [3.05, 3.63) is 23.3 Å². The summed E-state index contributed by atoms with van der Waals surface area (Å²) in [5.74, 6) is 1.45. The number of rotatable bonds is 5. The summed E-state index contributed by atoms with van der Waals surface area (Å²) < 4.78 is 5.57. The first-order valence-corrected chi connectivity index (χ1v) is 7.01. The van der Waals surface area contributed by atoms with Crippen molar-refractivity contribution in [1.82, 2.24) is 15.3 Å². The maximum Gasteiger partial charge on any atom is 0.157 e. The van der Waals surface area contributed by atoms with Crippen LogP contribution >= 0.6 is 0 Å². The lowest BCUT2D eigenvalue weighted by atomic mass is 10.1. The maximum atomic E-state index is 5.57. The van der Waals surface area contributed by atoms with Crippen molar-refractivity contribution in [3.8, 4) is 0 Å². The van der Waals surface area contributed by atoms with Gasteiger partial charge >= 0.3 is 0 Å². The molecule has 1 aliphatic rings. The molecule has 1 fully saturated rings. The third kappa shape index (κ3) is 4.25. The zero-order chi connectivity index (χ0) is 14.0. The second kappa shape index (κ2) is 5.55. The van der Waals surface area contributed by atoms with Gasteiger partial charge in [0.15, 0.2) is 5.82 Å². The van der Waals surface area contributed by atoms with Crippen molar-refractivity contribution >= 4 is 0 Å². The maximum absolute atomic E-state index is 5.57. The Morgan fingerprint density at radius 3 is 2.58 bits per heavy atom. The molecule has 1 atom stereocenters. The average Bonchev–Trinajstić information content (AvgIpc) is 3.10. The van der Waals surface area contributed by atoms with Crippen molar-refractivity contribution in [2.75, 3.05) is 7.11 Å². The van der Waals surface area contributed by atoms with E-state index in [1.165, 1.54) is 12.8 Å². The van der Waals surface area contributed by atoms with Crippen LogP contribution in [0.4, 0.5) is 0 Å². The molecule has 0 aromatic carbocycles. The van der Waals surface area contributed by atoms with Crippen molar-refractivity contribution in [2.24, 2.45) is 5.92 Å². The van der Waals surface area contributed by atoms with Crippen LogP contribution in [0.15, 0.2) is 6.07 Å². The minimum atomic E-state index is 0.0632. The first kappa shape index (κ1) is 14.4. The van der Waals surface area contributed by atoms with Crippen LogP contribution < -0.4 is 5.32 Å². The van der Waals surface area contributed by atoms with E-state index in [4.69, 9.17) is 4.74 Å². The van der Waals surface area contributed by atoms with E-state index in [1.807, 2.05) is 13.0 Å². The fourth-order valence-electron chi connectivity index (χ4n) is 2.14. The minimum Gasteiger partial charge on any atom is -0.373 e. The number of ether oxygens (including phenoxy) is 1. The predicted molar refractivity (Wildman–Crippen MR) is 75.8 cm³/mol. The summed E-state index contributed by atoms with van der Waals surface area (Å²) in [6, 6.07) is 2.04. The molecule has 2 rings (SSSR count). The Labute approximate surface area is 116 Å². The first-order chi connectivity index (χ1) is 8.89. The third-order valence-corrected chi connectivity index (χ3v) is 3.28. The summed E-state index contributed by atoms with van der Waals surface area (Å²) in [5, 5.41) is 3.46. The predicted octanol–water partition coefficient (Wildman–Crippen LogP) is 2.77. The number of methoxy groups -OCH3 is 1. The zero-order valence-corrected chi connectivity index (χ0v) is 12.7. The van der Waals surface area contributed by atoms with E-state index in [9.17, 15) is 0 Å². The molecule has 0 bridgehead atoms. The first-order valence-electron chi connectivity index (χ1n) is 7.01. The molecule has 1 aliphatic carbocycles. The molecular formula is C15H25N3O. The van der Waals surface area contributed by atoms with Gasteiger partial charge in [0.1, 0.15) is 6.10 Å². The summed E-state index contributed by atoms with van der Waals surface area (Å²) in [7, 11) is 1.75. The van der Waals surface area contributed by atoms with Crippen molar-refractivity contribution < 1.29 is 4.74 Å². The molecule has 4 nitrogen and oxygen atoms in total. The molecule has 1 unspecified atom stereocenters. The standard InChI is InChI=1S/C15H25N3O/c1-10-8-12(9-16-15(2,3)4)18-14(17-10)13(19-5)11-6-7-11/h8,11,13,16H,6-7,9H2,1-5H3. The Morgan fingerprint density at radius 2 is 2.05 bits per heavy atom. The summed E-state index contributed by atoms with van der Waals surface area (Å²) in [4.78, 5) is 9.22. The molecule has 1 saturated carbocycles. The number of nitrogens with zero attached hydrogens (tertiary/aromatic N) is 2. The molecule has 0 aliphatic heterocycles. The van der Waals surface area contributed by atoms with Gasteiger partial charge in [-0.1, -0.05) is 0 Å². The van der Waals surface area contributed by atoms with Gasteiger partial charge in [0.2, 0.25) is 0 Å². The van der Waals surface area contributed by atoms with Crippen LogP contribution in [-0.2, 0) is 11.3 Å². The highest BCUT2D eigenvalue weighted by Crippen LogP contribution is 2.41. The SMILES string of the molecule is COC(c1nc(C)cc(CNC(C)(C)C)n1)C1CC1. The normalized spacial score (nSPS) is 17.5. The fourth-order valence-corrected chi connectivity index (χ4v) is 2.14. The van der Waals surface area contributed by atoms with Crippen molar-refractivity contribution in [3.63, 3.8) is 0 Å². The van der Waals surface area contributed by atoms with E-state index in [1.54, 1.807) is 7.11 Å². The second-order valence-electron chi connectivity index (χ2n) is 6.46. The Bertz CT molecular complexity index is 436. The van der Waals surface area contributed by atoms with Crippen LogP contribution in [-0.4, -0.2) is 22.6 Å². The van der Waals surface area contributed by atoms with Crippen LogP contribution in [0.2, 0.25) is 0 Å². The molecule has 0 spiro atoms. The molecular weight excluding hydrogens is 238 g/mol. The van der Waals surface area contributed by atoms with Crippen molar-refractivity contribution in [1.29, 1.82) is 0 Å². The molecule has 106 valence electrons. The molecule has 1 aromatic heterocycles. The van der Waals surface area contributed by atoms with Crippen LogP contribution in [0.1, 0.15) is 56.9 Å². The lowest BCUT2D eigenvalue weighted by molar-refractivity contribution is 0.0768. The Kier molecular flexibility index (Phi) is 4.21. The van der Waals surface area contributed by atoms with Crippen LogP contribution in [0.25, 0.3) is 0 Å². The van der Waals surface area contributed by atoms with Gasteiger partial charge in [-0.05, 0) is 52.5 Å². The Morgan fingerprint density at radius 1 is 1.37 bits per heavy atom. The number of hydrogen-bond donors (Lipinski definition) is 1. The summed E-state index contributed by atoms with van der Waals surface area (Å²) >= 11 is 0. The number of hydrogen-bond acceptors (Lipinski definition) is 4. The monoisotopic (exact) mass is 263 g/mol. The van der Waals surface area contributed by atoms with E-state index < -0.39 is 0 Å². The molecule has 19 heavy (non-hydrogen) atoms. The molecule has 1 heterocycles. The summed E-state index contributed by atoms with van der Waals surface area (Å²) in [6.07, 6.45) is 2.52. The largest absolute Gasteiger partial charge is 0.373 e. The zero-order valence-electron chi connectivity index (χ0n) is 12.7. The molecule has 0 amide bonds. The number of aryl methyl sites for hydroxylation is 1. The number of nitrogens with one attached hydrogen (secondary N) is 1. The van der Waals surface area contributed by atoms with Crippen molar-refractivity contribution in [2.45, 2.75) is 58.7 Å². The lowest BCUT2D eigenvalue weighted by Gasteiger charge is -2.21. The molecule has 0 saturated heterocycles. The molecule has 4 heteroatoms. The third-order valence-electron chi connectivity index (χ3n) is 3.28. The van der Waals surface area contributed by atoms with E-state index in [0.29, 0.717) is 5.92 Å². The van der Waals surface area contributed by atoms with Gasteiger partial charge in [-0.3, -0.25) is 0 Å². The van der Waals surface area contributed by atoms with Gasteiger partial charge in [-0.25, -0.2) is 9.97 Å². The van der Waals surface area contributed by atoms with E-state index in [-0.39, 0.29) is 11.6 Å². The summed E-state index contributed by atoms with van der Waals surface area (Å²) in [5.41, 5.74) is 2.15. The highest BCUT2D eigenvalue weighted by molar-refractivity contribution is 5.13. The van der Waals surface area contributed by atoms with Gasteiger partial charge in [-0.15, -0.1) is 0 Å². The van der Waals surface area contributed by atoms with E-state index >= 15 is 0 Å². The van der Waals surface area contributed by atoms with Gasteiger partial charge in [0.25, 0.3) is 0 Å². The quantitative estimate of drug-likeness (QED) is 0.887. The van der Waals surface area contributed by atoms with Gasteiger partial charge in [-0.2, -0.15) is 0 Å². The van der Waals surface area contributed by atoms with Crippen LogP contribution in [0.3, 0.4) is 0 Å². The highest BCUT2D eigenvalue weighted by Gasteiger charge is 2.34. The molecule has 0 radical (unpaired) electrons. The van der Waals surface area contributed by atoms with Gasteiger partial charge < -0.3 is 10.1 Å². The number of aromatic nitrogens is 2. The van der Waals surface area contributed by atoms with E-state index in [0.717, 1.165) is 23.8 Å². The lowest BCUT2D eigenvalue weighted by Crippen LogP contribution is -2.35.